The Morgan fingerprint density at radius 2 is 1.53 bits per heavy atom. The summed E-state index contributed by atoms with van der Waals surface area (Å²) in [5, 5.41) is 9.76. The summed E-state index contributed by atoms with van der Waals surface area (Å²) in [6.07, 6.45) is -0.551. The zero-order chi connectivity index (χ0) is 12.1. The van der Waals surface area contributed by atoms with E-state index in [2.05, 4.69) is 12.1 Å². The van der Waals surface area contributed by atoms with E-state index in [1.165, 1.54) is 5.56 Å². The molecule has 0 bridgehead atoms. The highest BCUT2D eigenvalue weighted by Gasteiger charge is 2.06. The van der Waals surface area contributed by atoms with Crippen molar-refractivity contribution in [1.82, 2.24) is 0 Å². The van der Waals surface area contributed by atoms with Gasteiger partial charge in [-0.2, -0.15) is 0 Å². The molecule has 0 spiro atoms. The molecule has 88 valence electrons. The topological polar surface area (TPSA) is 29.5 Å². The number of benzene rings is 2. The molecule has 1 N–H and O–H groups in total. The summed E-state index contributed by atoms with van der Waals surface area (Å²) in [7, 11) is 1.58. The van der Waals surface area contributed by atoms with Gasteiger partial charge in [-0.3, -0.25) is 0 Å². The third-order valence-electron chi connectivity index (χ3n) is 2.73. The summed E-state index contributed by atoms with van der Waals surface area (Å²) >= 11 is 0. The minimum atomic E-state index is -0.551. The van der Waals surface area contributed by atoms with E-state index >= 15 is 0 Å². The van der Waals surface area contributed by atoms with Crippen molar-refractivity contribution in [1.29, 1.82) is 0 Å². The number of hydrogen-bond donors (Lipinski definition) is 1. The molecule has 17 heavy (non-hydrogen) atoms. The molecule has 0 radical (unpaired) electrons. The second-order valence-electron chi connectivity index (χ2n) is 3.96. The molecule has 2 aromatic carbocycles. The van der Waals surface area contributed by atoms with E-state index in [0.717, 1.165) is 11.1 Å². The lowest BCUT2D eigenvalue weighted by molar-refractivity contribution is 0.0644. The summed E-state index contributed by atoms with van der Waals surface area (Å²) < 4.78 is 4.92. The molecule has 1 atom stereocenters. The van der Waals surface area contributed by atoms with Crippen molar-refractivity contribution in [2.24, 2.45) is 0 Å². The summed E-state index contributed by atoms with van der Waals surface area (Å²) in [5.74, 6) is 0. The molecule has 0 fully saturated rings. The van der Waals surface area contributed by atoms with E-state index in [0.29, 0.717) is 6.61 Å². The van der Waals surface area contributed by atoms with Crippen LogP contribution in [-0.4, -0.2) is 18.8 Å². The van der Waals surface area contributed by atoms with Gasteiger partial charge in [-0.15, -0.1) is 0 Å². The minimum absolute atomic E-state index is 0.324. The van der Waals surface area contributed by atoms with Crippen molar-refractivity contribution in [2.45, 2.75) is 6.10 Å². The maximum atomic E-state index is 9.76. The summed E-state index contributed by atoms with van der Waals surface area (Å²) in [6, 6.07) is 18.1. The van der Waals surface area contributed by atoms with E-state index in [1.807, 2.05) is 42.5 Å². The molecule has 0 saturated heterocycles. The minimum Gasteiger partial charge on any atom is -0.386 e. The third-order valence-corrected chi connectivity index (χ3v) is 2.73. The van der Waals surface area contributed by atoms with Crippen LogP contribution in [-0.2, 0) is 4.74 Å². The number of methoxy groups -OCH3 is 1. The predicted octanol–water partition coefficient (Wildman–Crippen LogP) is 3.03. The molecule has 0 aliphatic heterocycles. The fourth-order valence-electron chi connectivity index (χ4n) is 1.78. The Bertz CT molecular complexity index is 448. The maximum absolute atomic E-state index is 9.76. The van der Waals surface area contributed by atoms with Crippen LogP contribution in [0.2, 0.25) is 0 Å². The van der Waals surface area contributed by atoms with Crippen molar-refractivity contribution < 1.29 is 9.84 Å². The Morgan fingerprint density at radius 1 is 0.941 bits per heavy atom. The van der Waals surface area contributed by atoms with Crippen LogP contribution in [0.15, 0.2) is 54.6 Å². The van der Waals surface area contributed by atoms with E-state index < -0.39 is 6.10 Å². The largest absolute Gasteiger partial charge is 0.386 e. The van der Waals surface area contributed by atoms with Crippen molar-refractivity contribution >= 4 is 0 Å². The number of aliphatic hydroxyl groups is 1. The molecule has 2 aromatic rings. The molecule has 2 rings (SSSR count). The van der Waals surface area contributed by atoms with Crippen LogP contribution in [0.3, 0.4) is 0 Å². The summed E-state index contributed by atoms with van der Waals surface area (Å²) in [5.41, 5.74) is 3.21. The fraction of sp³-hybridized carbons (Fsp3) is 0.200. The van der Waals surface area contributed by atoms with Crippen LogP contribution in [0.5, 0.6) is 0 Å². The van der Waals surface area contributed by atoms with Gasteiger partial charge in [0.1, 0.15) is 6.10 Å². The van der Waals surface area contributed by atoms with E-state index in [4.69, 9.17) is 4.74 Å². The summed E-state index contributed by atoms with van der Waals surface area (Å²) in [6.45, 7) is 0.324. The first-order valence-corrected chi connectivity index (χ1v) is 5.63. The molecule has 1 unspecified atom stereocenters. The van der Waals surface area contributed by atoms with Gasteiger partial charge in [-0.05, 0) is 16.7 Å². The van der Waals surface area contributed by atoms with Crippen LogP contribution in [0, 0.1) is 0 Å². The lowest BCUT2D eigenvalue weighted by Crippen LogP contribution is -2.04. The SMILES string of the molecule is COCC(O)c1ccc(-c2ccccc2)cc1. The average Bonchev–Trinajstić information content (AvgIpc) is 2.40. The first-order valence-electron chi connectivity index (χ1n) is 5.63. The van der Waals surface area contributed by atoms with Gasteiger partial charge in [0.05, 0.1) is 6.61 Å². The molecule has 0 aliphatic rings. The normalized spacial score (nSPS) is 12.4. The maximum Gasteiger partial charge on any atom is 0.102 e. The van der Waals surface area contributed by atoms with Crippen LogP contribution in [0.4, 0.5) is 0 Å². The number of aliphatic hydroxyl groups excluding tert-OH is 1. The lowest BCUT2D eigenvalue weighted by Gasteiger charge is -2.10. The molecule has 0 amide bonds. The molecular formula is C15H16O2. The smallest absolute Gasteiger partial charge is 0.102 e. The molecule has 0 aliphatic carbocycles. The van der Waals surface area contributed by atoms with Crippen molar-refractivity contribution in [3.05, 3.63) is 60.2 Å². The van der Waals surface area contributed by atoms with Gasteiger partial charge < -0.3 is 9.84 Å². The molecular weight excluding hydrogens is 212 g/mol. The molecule has 0 heterocycles. The Hall–Kier alpha value is -1.64. The zero-order valence-electron chi connectivity index (χ0n) is 9.84. The van der Waals surface area contributed by atoms with E-state index in [9.17, 15) is 5.11 Å². The van der Waals surface area contributed by atoms with Gasteiger partial charge in [-0.25, -0.2) is 0 Å². The molecule has 0 aromatic heterocycles. The number of rotatable bonds is 4. The van der Waals surface area contributed by atoms with Gasteiger partial charge in [0.25, 0.3) is 0 Å². The van der Waals surface area contributed by atoms with Crippen LogP contribution < -0.4 is 0 Å². The average molecular weight is 228 g/mol. The number of hydrogen-bond acceptors (Lipinski definition) is 2. The Balaban J connectivity index is 2.19. The predicted molar refractivity (Wildman–Crippen MR) is 68.7 cm³/mol. The van der Waals surface area contributed by atoms with Crippen molar-refractivity contribution in [3.63, 3.8) is 0 Å². The monoisotopic (exact) mass is 228 g/mol. The molecule has 2 nitrogen and oxygen atoms in total. The Labute approximate surface area is 101 Å². The van der Waals surface area contributed by atoms with Crippen LogP contribution in [0.1, 0.15) is 11.7 Å². The van der Waals surface area contributed by atoms with Crippen molar-refractivity contribution in [3.8, 4) is 11.1 Å². The molecule has 0 saturated carbocycles. The Morgan fingerprint density at radius 3 is 2.12 bits per heavy atom. The van der Waals surface area contributed by atoms with E-state index in [1.54, 1.807) is 7.11 Å². The highest BCUT2D eigenvalue weighted by atomic mass is 16.5. The highest BCUT2D eigenvalue weighted by molar-refractivity contribution is 5.63. The third kappa shape index (κ3) is 2.93. The highest BCUT2D eigenvalue weighted by Crippen LogP contribution is 2.21. The van der Waals surface area contributed by atoms with Gasteiger partial charge in [0, 0.05) is 7.11 Å². The van der Waals surface area contributed by atoms with Gasteiger partial charge >= 0.3 is 0 Å². The summed E-state index contributed by atoms with van der Waals surface area (Å²) in [4.78, 5) is 0. The second-order valence-corrected chi connectivity index (χ2v) is 3.96. The first kappa shape index (κ1) is 11.8. The van der Waals surface area contributed by atoms with Gasteiger partial charge in [0.15, 0.2) is 0 Å². The quantitative estimate of drug-likeness (QED) is 0.871. The lowest BCUT2D eigenvalue weighted by atomic mass is 10.0. The van der Waals surface area contributed by atoms with E-state index in [-0.39, 0.29) is 0 Å². The standard InChI is InChI=1S/C15H16O2/c1-17-11-15(16)14-9-7-13(8-10-14)12-5-3-2-4-6-12/h2-10,15-16H,11H2,1H3. The van der Waals surface area contributed by atoms with Gasteiger partial charge in [0.2, 0.25) is 0 Å². The molecule has 2 heteroatoms. The van der Waals surface area contributed by atoms with Crippen LogP contribution >= 0.6 is 0 Å². The van der Waals surface area contributed by atoms with Crippen molar-refractivity contribution in [2.75, 3.05) is 13.7 Å². The zero-order valence-corrected chi connectivity index (χ0v) is 9.84. The van der Waals surface area contributed by atoms with Gasteiger partial charge in [-0.1, -0.05) is 54.6 Å². The number of ether oxygens (including phenoxy) is 1. The van der Waals surface area contributed by atoms with Crippen LogP contribution in [0.25, 0.3) is 11.1 Å². The second kappa shape index (κ2) is 5.62. The Kier molecular flexibility index (Phi) is 3.91. The fourth-order valence-corrected chi connectivity index (χ4v) is 1.78. The first-order chi connectivity index (χ1) is 8.31.